The van der Waals surface area contributed by atoms with Gasteiger partial charge in [-0.3, -0.25) is 0 Å². The summed E-state index contributed by atoms with van der Waals surface area (Å²) in [5.74, 6) is -0.619. The quantitative estimate of drug-likeness (QED) is 0.257. The van der Waals surface area contributed by atoms with E-state index in [1.807, 2.05) is 7.11 Å². The molecule has 0 aliphatic heterocycles. The van der Waals surface area contributed by atoms with Gasteiger partial charge in [0.05, 0.1) is 42.7 Å². The number of rotatable bonds is 6. The molecule has 5 aliphatic carbocycles. The lowest BCUT2D eigenvalue weighted by molar-refractivity contribution is -0.295. The average Bonchev–Trinajstić information content (AvgIpc) is 2.90. The zero-order chi connectivity index (χ0) is 29.1. The first-order valence-electron chi connectivity index (χ1n) is 16.3. The van der Waals surface area contributed by atoms with Gasteiger partial charge in [0.1, 0.15) is 5.60 Å². The standard InChI is InChI=1S/C32H56O8/c1-5-6-15(2)17-7-10-25(40-4)21(12-17)20-8-9-23(34)28-22(20)13-18-11-19-14-24(35)26(16(3)33)30(37)32(19,39)31(38)27(18)29(28)36/h15-31,33-39H,5-14H2,1-4H3. The Morgan fingerprint density at radius 3 is 2.17 bits per heavy atom. The predicted octanol–water partition coefficient (Wildman–Crippen LogP) is 2.09. The molecule has 18 unspecified atom stereocenters. The van der Waals surface area contributed by atoms with Crippen LogP contribution in [0.4, 0.5) is 0 Å². The highest BCUT2D eigenvalue weighted by molar-refractivity contribution is 5.16. The second kappa shape index (κ2) is 12.0. The van der Waals surface area contributed by atoms with Crippen LogP contribution in [-0.4, -0.2) is 91.2 Å². The first-order valence-corrected chi connectivity index (χ1v) is 16.3. The van der Waals surface area contributed by atoms with Gasteiger partial charge < -0.3 is 40.5 Å². The van der Waals surface area contributed by atoms with Crippen LogP contribution in [0.15, 0.2) is 0 Å². The fourth-order valence-corrected chi connectivity index (χ4v) is 10.9. The molecular weight excluding hydrogens is 512 g/mol. The molecule has 8 nitrogen and oxygen atoms in total. The van der Waals surface area contributed by atoms with Crippen LogP contribution in [0.1, 0.15) is 85.0 Å². The Kier molecular flexibility index (Phi) is 9.33. The van der Waals surface area contributed by atoms with E-state index in [0.717, 1.165) is 25.7 Å². The molecule has 8 heteroatoms. The van der Waals surface area contributed by atoms with Crippen molar-refractivity contribution in [2.45, 2.75) is 133 Å². The van der Waals surface area contributed by atoms with Crippen molar-refractivity contribution < 1.29 is 40.5 Å². The third-order valence-corrected chi connectivity index (χ3v) is 12.9. The first kappa shape index (κ1) is 31.1. The highest BCUT2D eigenvalue weighted by Gasteiger charge is 2.67. The molecular formula is C32H56O8. The lowest BCUT2D eigenvalue weighted by Gasteiger charge is -2.63. The summed E-state index contributed by atoms with van der Waals surface area (Å²) in [5, 5.41) is 78.8. The van der Waals surface area contributed by atoms with Crippen molar-refractivity contribution in [1.82, 2.24) is 0 Å². The lowest BCUT2D eigenvalue weighted by atomic mass is 9.46. The molecule has 0 aromatic heterocycles. The molecule has 5 rings (SSSR count). The molecule has 5 fully saturated rings. The van der Waals surface area contributed by atoms with E-state index in [1.54, 1.807) is 0 Å². The first-order chi connectivity index (χ1) is 18.9. The van der Waals surface area contributed by atoms with Crippen LogP contribution in [0.25, 0.3) is 0 Å². The Morgan fingerprint density at radius 1 is 0.800 bits per heavy atom. The van der Waals surface area contributed by atoms with Crippen LogP contribution < -0.4 is 0 Å². The minimum atomic E-state index is -1.93. The van der Waals surface area contributed by atoms with Crippen LogP contribution >= 0.6 is 0 Å². The van der Waals surface area contributed by atoms with Gasteiger partial charge in [-0.05, 0) is 99.7 Å². The molecule has 232 valence electrons. The maximum Gasteiger partial charge on any atom is 0.120 e. The summed E-state index contributed by atoms with van der Waals surface area (Å²) >= 11 is 0. The van der Waals surface area contributed by atoms with Crippen LogP contribution in [0, 0.1) is 59.2 Å². The van der Waals surface area contributed by atoms with Crippen molar-refractivity contribution in [2.24, 2.45) is 59.2 Å². The number of aliphatic hydroxyl groups excluding tert-OH is 6. The molecule has 0 bridgehead atoms. The van der Waals surface area contributed by atoms with Crippen molar-refractivity contribution in [2.75, 3.05) is 7.11 Å². The van der Waals surface area contributed by atoms with Crippen molar-refractivity contribution in [3.05, 3.63) is 0 Å². The van der Waals surface area contributed by atoms with Gasteiger partial charge in [-0.15, -0.1) is 0 Å². The maximum absolute atomic E-state index is 11.9. The number of fused-ring (bicyclic) bond motifs is 3. The molecule has 5 saturated carbocycles. The summed E-state index contributed by atoms with van der Waals surface area (Å²) in [6.07, 6.45) is 2.15. The fourth-order valence-electron chi connectivity index (χ4n) is 10.9. The number of methoxy groups -OCH3 is 1. The van der Waals surface area contributed by atoms with Crippen molar-refractivity contribution in [3.63, 3.8) is 0 Å². The normalized spacial score (nSPS) is 54.5. The van der Waals surface area contributed by atoms with Gasteiger partial charge in [-0.1, -0.05) is 26.7 Å². The van der Waals surface area contributed by atoms with Crippen molar-refractivity contribution in [1.29, 1.82) is 0 Å². The Morgan fingerprint density at radius 2 is 1.52 bits per heavy atom. The third-order valence-electron chi connectivity index (χ3n) is 12.9. The zero-order valence-corrected chi connectivity index (χ0v) is 24.9. The number of aliphatic hydroxyl groups is 7. The average molecular weight is 569 g/mol. The number of hydrogen-bond donors (Lipinski definition) is 7. The Bertz CT molecular complexity index is 855. The molecule has 7 N–H and O–H groups in total. The van der Waals surface area contributed by atoms with Crippen LogP contribution in [0.2, 0.25) is 0 Å². The molecule has 0 radical (unpaired) electrons. The van der Waals surface area contributed by atoms with Gasteiger partial charge in [0.25, 0.3) is 0 Å². The molecule has 0 heterocycles. The molecule has 0 spiro atoms. The van der Waals surface area contributed by atoms with Crippen molar-refractivity contribution >= 4 is 0 Å². The van der Waals surface area contributed by atoms with Gasteiger partial charge in [-0.25, -0.2) is 0 Å². The van der Waals surface area contributed by atoms with E-state index >= 15 is 0 Å². The zero-order valence-electron chi connectivity index (χ0n) is 24.9. The van der Waals surface area contributed by atoms with Crippen LogP contribution in [0.3, 0.4) is 0 Å². The summed E-state index contributed by atoms with van der Waals surface area (Å²) in [4.78, 5) is 0. The fraction of sp³-hybridized carbons (Fsp3) is 1.00. The molecule has 5 aliphatic rings. The van der Waals surface area contributed by atoms with E-state index in [9.17, 15) is 35.7 Å². The third kappa shape index (κ3) is 5.00. The minimum absolute atomic E-state index is 0.0879. The number of hydrogen-bond acceptors (Lipinski definition) is 8. The monoisotopic (exact) mass is 568 g/mol. The van der Waals surface area contributed by atoms with Gasteiger partial charge in [0.15, 0.2) is 0 Å². The smallest absolute Gasteiger partial charge is 0.120 e. The maximum atomic E-state index is 11.9. The van der Waals surface area contributed by atoms with E-state index in [-0.39, 0.29) is 24.4 Å². The summed E-state index contributed by atoms with van der Waals surface area (Å²) in [7, 11) is 1.81. The van der Waals surface area contributed by atoms with Crippen LogP contribution in [-0.2, 0) is 4.74 Å². The van der Waals surface area contributed by atoms with E-state index in [4.69, 9.17) is 4.74 Å². The second-order valence-electron chi connectivity index (χ2n) is 14.7. The van der Waals surface area contributed by atoms with E-state index in [1.165, 1.54) is 26.2 Å². The summed E-state index contributed by atoms with van der Waals surface area (Å²) in [5.41, 5.74) is -1.93. The highest BCUT2D eigenvalue weighted by Crippen LogP contribution is 2.60. The number of ether oxygens (including phenoxy) is 1. The molecule has 0 aromatic carbocycles. The SMILES string of the molecule is CCCC(C)C1CCC(OC)C(C2CCC(O)C3C(O)C4C(CC23)CC2CC(O)C(C(C)O)C(O)C2(O)C4O)C1. The largest absolute Gasteiger partial charge is 0.393 e. The topological polar surface area (TPSA) is 151 Å². The lowest BCUT2D eigenvalue weighted by Crippen LogP contribution is -2.73. The Labute approximate surface area is 240 Å². The van der Waals surface area contributed by atoms with Gasteiger partial charge >= 0.3 is 0 Å². The summed E-state index contributed by atoms with van der Waals surface area (Å²) in [6.45, 7) is 6.10. The molecule has 0 aromatic rings. The van der Waals surface area contributed by atoms with E-state index < -0.39 is 65.9 Å². The Balaban J connectivity index is 1.42. The van der Waals surface area contributed by atoms with Gasteiger partial charge in [0, 0.05) is 24.9 Å². The van der Waals surface area contributed by atoms with E-state index in [0.29, 0.717) is 36.5 Å². The van der Waals surface area contributed by atoms with Gasteiger partial charge in [0.2, 0.25) is 0 Å². The Hall–Kier alpha value is -0.320. The molecule has 40 heavy (non-hydrogen) atoms. The van der Waals surface area contributed by atoms with E-state index in [2.05, 4.69) is 13.8 Å². The summed E-state index contributed by atoms with van der Waals surface area (Å²) < 4.78 is 6.06. The van der Waals surface area contributed by atoms with Gasteiger partial charge in [-0.2, -0.15) is 0 Å². The summed E-state index contributed by atoms with van der Waals surface area (Å²) in [6, 6.07) is 0. The predicted molar refractivity (Wildman–Crippen MR) is 150 cm³/mol. The highest BCUT2D eigenvalue weighted by atomic mass is 16.5. The molecule has 0 amide bonds. The second-order valence-corrected chi connectivity index (χ2v) is 14.7. The molecule has 18 atom stereocenters. The van der Waals surface area contributed by atoms with Crippen molar-refractivity contribution in [3.8, 4) is 0 Å². The van der Waals surface area contributed by atoms with Crippen LogP contribution in [0.5, 0.6) is 0 Å². The molecule has 0 saturated heterocycles. The minimum Gasteiger partial charge on any atom is -0.393 e.